The van der Waals surface area contributed by atoms with E-state index in [4.69, 9.17) is 0 Å². The summed E-state index contributed by atoms with van der Waals surface area (Å²) in [6, 6.07) is 52.8. The molecule has 13 rings (SSSR count). The van der Waals surface area contributed by atoms with E-state index in [0.29, 0.717) is 0 Å². The lowest BCUT2D eigenvalue weighted by Gasteiger charge is -2.33. The maximum atomic E-state index is 2.63. The molecule has 3 heteroatoms. The maximum absolute atomic E-state index is 2.63. The Morgan fingerprint density at radius 3 is 1.81 bits per heavy atom. The SMILES string of the molecule is c1cc2c3c(c1)-n1c4c(cccc4c4c5cccc6ccc7cccc(c7c65)c41)B3c1cc3ccccc3c3c4ccccc4n-2c13. The van der Waals surface area contributed by atoms with Gasteiger partial charge < -0.3 is 9.13 Å². The second-order valence-corrected chi connectivity index (χ2v) is 13.6. The molecule has 11 aromatic rings. The quantitative estimate of drug-likeness (QED) is 0.123. The Morgan fingerprint density at radius 2 is 0.957 bits per heavy atom. The van der Waals surface area contributed by atoms with Crippen LogP contribution in [0.5, 0.6) is 0 Å². The highest BCUT2D eigenvalue weighted by molar-refractivity contribution is 7.00. The fourth-order valence-corrected chi connectivity index (χ4v) is 9.97. The Balaban J connectivity index is 1.32. The lowest BCUT2D eigenvalue weighted by Crippen LogP contribution is -2.59. The van der Waals surface area contributed by atoms with E-state index in [2.05, 4.69) is 149 Å². The summed E-state index contributed by atoms with van der Waals surface area (Å²) in [6.07, 6.45) is 0. The first-order valence-corrected chi connectivity index (χ1v) is 16.6. The molecule has 4 heterocycles. The van der Waals surface area contributed by atoms with E-state index < -0.39 is 0 Å². The number of nitrogens with zero attached hydrogens (tertiary/aromatic N) is 2. The zero-order valence-electron chi connectivity index (χ0n) is 25.3. The van der Waals surface area contributed by atoms with Gasteiger partial charge in [0.15, 0.2) is 0 Å². The van der Waals surface area contributed by atoms with Crippen LogP contribution in [0.2, 0.25) is 0 Å². The van der Waals surface area contributed by atoms with Crippen molar-refractivity contribution in [1.82, 2.24) is 9.13 Å². The highest BCUT2D eigenvalue weighted by Crippen LogP contribution is 2.47. The molecule has 47 heavy (non-hydrogen) atoms. The van der Waals surface area contributed by atoms with Gasteiger partial charge in [-0.25, -0.2) is 0 Å². The molecule has 2 nitrogen and oxygen atoms in total. The monoisotopic (exact) mass is 590 g/mol. The average Bonchev–Trinajstić information content (AvgIpc) is 3.67. The van der Waals surface area contributed by atoms with Gasteiger partial charge in [-0.1, -0.05) is 121 Å². The summed E-state index contributed by atoms with van der Waals surface area (Å²) in [7, 11) is 0. The minimum absolute atomic E-state index is 0.131. The van der Waals surface area contributed by atoms with Crippen molar-refractivity contribution in [3.05, 3.63) is 140 Å². The molecule has 0 fully saturated rings. The number of para-hydroxylation sites is 2. The van der Waals surface area contributed by atoms with Gasteiger partial charge in [-0.2, -0.15) is 0 Å². The summed E-state index contributed by atoms with van der Waals surface area (Å²) < 4.78 is 5.20. The molecule has 0 radical (unpaired) electrons. The van der Waals surface area contributed by atoms with E-state index in [1.54, 1.807) is 0 Å². The van der Waals surface area contributed by atoms with Crippen molar-refractivity contribution in [3.8, 4) is 11.4 Å². The number of fused-ring (bicyclic) bond motifs is 14. The number of aromatic nitrogens is 2. The van der Waals surface area contributed by atoms with E-state index in [1.807, 2.05) is 0 Å². The van der Waals surface area contributed by atoms with Gasteiger partial charge in [-0.05, 0) is 72.3 Å². The Labute approximate surface area is 269 Å². The largest absolute Gasteiger partial charge is 0.310 e. The minimum Gasteiger partial charge on any atom is -0.310 e. The van der Waals surface area contributed by atoms with Gasteiger partial charge in [0.1, 0.15) is 0 Å². The molecule has 0 amide bonds. The van der Waals surface area contributed by atoms with Crippen LogP contribution in [0.15, 0.2) is 140 Å². The molecule has 9 aromatic carbocycles. The molecule has 212 valence electrons. The summed E-state index contributed by atoms with van der Waals surface area (Å²) in [6.45, 7) is 0.131. The Hall–Kier alpha value is -6.06. The summed E-state index contributed by atoms with van der Waals surface area (Å²) in [4.78, 5) is 0. The number of hydrogen-bond donors (Lipinski definition) is 0. The van der Waals surface area contributed by atoms with Gasteiger partial charge in [0.25, 0.3) is 6.71 Å². The zero-order chi connectivity index (χ0) is 30.1. The smallest absolute Gasteiger partial charge is 0.252 e. The molecule has 2 aromatic heterocycles. The molecular weight excluding hydrogens is 567 g/mol. The van der Waals surface area contributed by atoms with Crippen molar-refractivity contribution in [2.75, 3.05) is 0 Å². The van der Waals surface area contributed by atoms with Crippen LogP contribution in [0.4, 0.5) is 0 Å². The molecule has 0 saturated carbocycles. The molecule has 0 saturated heterocycles. The first-order valence-electron chi connectivity index (χ1n) is 16.6. The van der Waals surface area contributed by atoms with Crippen molar-refractivity contribution >= 4 is 110 Å². The van der Waals surface area contributed by atoms with Gasteiger partial charge in [0.05, 0.1) is 16.6 Å². The standard InChI is InChI=1S/C44H23BN2/c1-2-12-27-26(9-1)23-33-44-39(27)28-13-3-4-18-34(28)46(44)35-19-8-20-36-41(35)45(33)32-17-7-16-31-40-29-14-5-10-24-21-22-25-11-6-15-30(38(25)37(24)29)43(40)47(36)42(31)32/h1-23H. The van der Waals surface area contributed by atoms with Crippen molar-refractivity contribution in [1.29, 1.82) is 0 Å². The highest BCUT2D eigenvalue weighted by Gasteiger charge is 2.41. The summed E-state index contributed by atoms with van der Waals surface area (Å²) in [5.74, 6) is 0. The van der Waals surface area contributed by atoms with E-state index in [0.717, 1.165) is 0 Å². The first-order chi connectivity index (χ1) is 23.4. The Kier molecular flexibility index (Phi) is 3.80. The first kappa shape index (κ1) is 23.3. The number of hydrogen-bond acceptors (Lipinski definition) is 0. The van der Waals surface area contributed by atoms with Gasteiger partial charge in [0.2, 0.25) is 0 Å². The fraction of sp³-hybridized carbons (Fsp3) is 0. The highest BCUT2D eigenvalue weighted by atomic mass is 15.0. The van der Waals surface area contributed by atoms with Gasteiger partial charge in [-0.15, -0.1) is 0 Å². The third-order valence-corrected chi connectivity index (χ3v) is 11.6. The van der Waals surface area contributed by atoms with E-state index in [1.165, 1.54) is 114 Å². The molecule has 2 aliphatic rings. The lowest BCUT2D eigenvalue weighted by atomic mass is 9.34. The molecule has 0 unspecified atom stereocenters. The third kappa shape index (κ3) is 2.46. The van der Waals surface area contributed by atoms with Crippen molar-refractivity contribution in [2.24, 2.45) is 0 Å². The Morgan fingerprint density at radius 1 is 0.362 bits per heavy atom. The molecule has 0 aliphatic carbocycles. The normalized spacial score (nSPS) is 13.5. The Bertz CT molecular complexity index is 3250. The second kappa shape index (κ2) is 7.66. The minimum atomic E-state index is 0.131. The van der Waals surface area contributed by atoms with E-state index in [-0.39, 0.29) is 6.71 Å². The van der Waals surface area contributed by atoms with Crippen LogP contribution in [-0.2, 0) is 0 Å². The van der Waals surface area contributed by atoms with Crippen LogP contribution in [0.1, 0.15) is 0 Å². The van der Waals surface area contributed by atoms with Gasteiger partial charge in [-0.3, -0.25) is 0 Å². The summed E-state index contributed by atoms with van der Waals surface area (Å²) in [5.41, 5.74) is 12.1. The van der Waals surface area contributed by atoms with Gasteiger partial charge in [0, 0.05) is 43.8 Å². The van der Waals surface area contributed by atoms with Crippen molar-refractivity contribution in [2.45, 2.75) is 0 Å². The van der Waals surface area contributed by atoms with Crippen LogP contribution in [0, 0.1) is 0 Å². The second-order valence-electron chi connectivity index (χ2n) is 13.6. The topological polar surface area (TPSA) is 9.86 Å². The molecular formula is C44H23BN2. The predicted octanol–water partition coefficient (Wildman–Crippen LogP) is 9.07. The summed E-state index contributed by atoms with van der Waals surface area (Å²) >= 11 is 0. The van der Waals surface area contributed by atoms with Gasteiger partial charge >= 0.3 is 0 Å². The van der Waals surface area contributed by atoms with Crippen LogP contribution in [0.3, 0.4) is 0 Å². The van der Waals surface area contributed by atoms with Crippen LogP contribution in [0.25, 0.3) is 98.1 Å². The van der Waals surface area contributed by atoms with E-state index in [9.17, 15) is 0 Å². The molecule has 0 N–H and O–H groups in total. The van der Waals surface area contributed by atoms with Crippen LogP contribution < -0.4 is 16.4 Å². The zero-order valence-corrected chi connectivity index (χ0v) is 25.3. The molecule has 0 bridgehead atoms. The number of benzene rings is 9. The van der Waals surface area contributed by atoms with Crippen molar-refractivity contribution < 1.29 is 0 Å². The van der Waals surface area contributed by atoms with Crippen LogP contribution in [-0.4, -0.2) is 15.8 Å². The predicted molar refractivity (Wildman–Crippen MR) is 201 cm³/mol. The maximum Gasteiger partial charge on any atom is 0.252 e. The molecule has 2 aliphatic heterocycles. The summed E-state index contributed by atoms with van der Waals surface area (Å²) in [5, 5.41) is 16.1. The van der Waals surface area contributed by atoms with Crippen LogP contribution >= 0.6 is 0 Å². The fourth-order valence-electron chi connectivity index (χ4n) is 9.97. The molecule has 0 atom stereocenters. The third-order valence-electron chi connectivity index (χ3n) is 11.6. The lowest BCUT2D eigenvalue weighted by molar-refractivity contribution is 1.15. The average molecular weight is 590 g/mol. The van der Waals surface area contributed by atoms with E-state index >= 15 is 0 Å². The van der Waals surface area contributed by atoms with Crippen molar-refractivity contribution in [3.63, 3.8) is 0 Å². The molecule has 0 spiro atoms. The number of rotatable bonds is 0.